The van der Waals surface area contributed by atoms with Crippen LogP contribution in [0.25, 0.3) is 0 Å². The van der Waals surface area contributed by atoms with E-state index < -0.39 is 11.6 Å². The van der Waals surface area contributed by atoms with Gasteiger partial charge in [-0.1, -0.05) is 29.3 Å². The Bertz CT molecular complexity index is 620. The molecule has 0 heterocycles. The Morgan fingerprint density at radius 2 is 1.55 bits per heavy atom. The predicted octanol–water partition coefficient (Wildman–Crippen LogP) is 5.52. The van der Waals surface area contributed by atoms with Crippen molar-refractivity contribution in [3.05, 3.63) is 63.1 Å². The van der Waals surface area contributed by atoms with E-state index in [4.69, 9.17) is 0 Å². The molecule has 2 aromatic rings. The highest BCUT2D eigenvalue weighted by atomic mass is 79.9. The summed E-state index contributed by atoms with van der Waals surface area (Å²) in [5.41, 5.74) is 3.51. The molecule has 1 unspecified atom stereocenters. The zero-order valence-electron chi connectivity index (χ0n) is 11.6. The molecule has 106 valence electrons. The minimum Gasteiger partial charge on any atom is -0.376 e. The molecule has 2 rings (SSSR count). The van der Waals surface area contributed by atoms with Crippen LogP contribution in [0.4, 0.5) is 14.5 Å². The van der Waals surface area contributed by atoms with Crippen molar-refractivity contribution in [1.29, 1.82) is 0 Å². The number of rotatable bonds is 3. The SMILES string of the molecule is Cc1cc(C)cc(C(C)Nc2cc(F)c(Br)cc2F)c1. The average molecular weight is 340 g/mol. The van der Waals surface area contributed by atoms with E-state index in [0.29, 0.717) is 0 Å². The first-order valence-corrected chi connectivity index (χ1v) is 7.15. The van der Waals surface area contributed by atoms with Crippen LogP contribution in [0.2, 0.25) is 0 Å². The van der Waals surface area contributed by atoms with Gasteiger partial charge in [0.2, 0.25) is 0 Å². The molecule has 1 nitrogen and oxygen atoms in total. The number of nitrogens with one attached hydrogen (secondary N) is 1. The molecule has 1 N–H and O–H groups in total. The fourth-order valence-corrected chi connectivity index (χ4v) is 2.53. The summed E-state index contributed by atoms with van der Waals surface area (Å²) in [6.45, 7) is 5.96. The minimum absolute atomic E-state index is 0.108. The summed E-state index contributed by atoms with van der Waals surface area (Å²) in [6.07, 6.45) is 0. The summed E-state index contributed by atoms with van der Waals surface area (Å²) in [6, 6.07) is 8.35. The van der Waals surface area contributed by atoms with Crippen LogP contribution in [0.15, 0.2) is 34.8 Å². The highest BCUT2D eigenvalue weighted by Crippen LogP contribution is 2.27. The molecule has 20 heavy (non-hydrogen) atoms. The molecule has 1 atom stereocenters. The number of hydrogen-bond donors (Lipinski definition) is 1. The number of halogens is 3. The molecule has 0 fully saturated rings. The molecule has 2 aromatic carbocycles. The van der Waals surface area contributed by atoms with Crippen LogP contribution < -0.4 is 5.32 Å². The van der Waals surface area contributed by atoms with Crippen LogP contribution in [-0.2, 0) is 0 Å². The van der Waals surface area contributed by atoms with E-state index in [2.05, 4.69) is 27.3 Å². The van der Waals surface area contributed by atoms with Gasteiger partial charge >= 0.3 is 0 Å². The molecule has 0 radical (unpaired) electrons. The highest BCUT2D eigenvalue weighted by molar-refractivity contribution is 9.10. The number of aryl methyl sites for hydroxylation is 2. The first-order valence-electron chi connectivity index (χ1n) is 6.36. The maximum atomic E-state index is 13.8. The van der Waals surface area contributed by atoms with Crippen LogP contribution >= 0.6 is 15.9 Å². The van der Waals surface area contributed by atoms with Gasteiger partial charge in [-0.05, 0) is 48.3 Å². The Kier molecular flexibility index (Phi) is 4.43. The molecule has 0 amide bonds. The van der Waals surface area contributed by atoms with Gasteiger partial charge in [0.15, 0.2) is 0 Å². The third-order valence-corrected chi connectivity index (χ3v) is 3.73. The lowest BCUT2D eigenvalue weighted by atomic mass is 10.0. The van der Waals surface area contributed by atoms with Crippen molar-refractivity contribution in [1.82, 2.24) is 0 Å². The van der Waals surface area contributed by atoms with Crippen molar-refractivity contribution < 1.29 is 8.78 Å². The first kappa shape index (κ1) is 15.0. The maximum absolute atomic E-state index is 13.8. The largest absolute Gasteiger partial charge is 0.376 e. The van der Waals surface area contributed by atoms with Crippen molar-refractivity contribution in [2.24, 2.45) is 0 Å². The summed E-state index contributed by atoms with van der Waals surface area (Å²) in [4.78, 5) is 0. The van der Waals surface area contributed by atoms with E-state index in [9.17, 15) is 8.78 Å². The van der Waals surface area contributed by atoms with Gasteiger partial charge in [0.05, 0.1) is 10.2 Å². The first-order chi connectivity index (χ1) is 9.36. The number of benzene rings is 2. The van der Waals surface area contributed by atoms with E-state index in [1.165, 1.54) is 6.07 Å². The van der Waals surface area contributed by atoms with Crippen molar-refractivity contribution in [2.45, 2.75) is 26.8 Å². The zero-order valence-corrected chi connectivity index (χ0v) is 13.2. The number of anilines is 1. The van der Waals surface area contributed by atoms with Gasteiger partial charge in [-0.25, -0.2) is 8.78 Å². The fraction of sp³-hybridized carbons (Fsp3) is 0.250. The van der Waals surface area contributed by atoms with Crippen molar-refractivity contribution in [2.75, 3.05) is 5.32 Å². The molecule has 0 spiro atoms. The molecule has 0 aliphatic rings. The maximum Gasteiger partial charge on any atom is 0.147 e. The summed E-state index contributed by atoms with van der Waals surface area (Å²) in [5, 5.41) is 3.01. The highest BCUT2D eigenvalue weighted by Gasteiger charge is 2.12. The summed E-state index contributed by atoms with van der Waals surface area (Å²) >= 11 is 2.97. The lowest BCUT2D eigenvalue weighted by Crippen LogP contribution is -2.09. The third-order valence-electron chi connectivity index (χ3n) is 3.13. The monoisotopic (exact) mass is 339 g/mol. The second-order valence-corrected chi connectivity index (χ2v) is 5.89. The Labute approximate surface area is 126 Å². The van der Waals surface area contributed by atoms with Gasteiger partial charge in [0.25, 0.3) is 0 Å². The molecule has 0 aliphatic heterocycles. The van der Waals surface area contributed by atoms with Crippen molar-refractivity contribution in [3.8, 4) is 0 Å². The Balaban J connectivity index is 2.27. The summed E-state index contributed by atoms with van der Waals surface area (Å²) < 4.78 is 27.4. The molecular weight excluding hydrogens is 324 g/mol. The number of hydrogen-bond acceptors (Lipinski definition) is 1. The normalized spacial score (nSPS) is 12.3. The third kappa shape index (κ3) is 3.37. The van der Waals surface area contributed by atoms with Crippen LogP contribution in [0.1, 0.15) is 29.7 Å². The van der Waals surface area contributed by atoms with Gasteiger partial charge < -0.3 is 5.32 Å². The van der Waals surface area contributed by atoms with Gasteiger partial charge in [-0.2, -0.15) is 0 Å². The summed E-state index contributed by atoms with van der Waals surface area (Å²) in [7, 11) is 0. The molecule has 0 saturated heterocycles. The van der Waals surface area contributed by atoms with Gasteiger partial charge in [0.1, 0.15) is 11.6 Å². The van der Waals surface area contributed by atoms with Gasteiger partial charge in [0, 0.05) is 12.1 Å². The molecule has 4 heteroatoms. The standard InChI is InChI=1S/C16H16BrF2N/c1-9-4-10(2)6-12(5-9)11(3)20-16-8-14(18)13(17)7-15(16)19/h4-8,11,20H,1-3H3. The average Bonchev–Trinajstić information content (AvgIpc) is 2.34. The van der Waals surface area contributed by atoms with Crippen molar-refractivity contribution >= 4 is 21.6 Å². The van der Waals surface area contributed by atoms with Crippen LogP contribution in [0, 0.1) is 25.5 Å². The fourth-order valence-electron chi connectivity index (χ4n) is 2.21. The Hall–Kier alpha value is -1.42. The van der Waals surface area contributed by atoms with Gasteiger partial charge in [-0.3, -0.25) is 0 Å². The molecule has 0 saturated carbocycles. The minimum atomic E-state index is -0.485. The summed E-state index contributed by atoms with van der Waals surface area (Å²) in [5.74, 6) is -0.962. The second-order valence-electron chi connectivity index (χ2n) is 5.03. The van der Waals surface area contributed by atoms with Gasteiger partial charge in [-0.15, -0.1) is 0 Å². The Morgan fingerprint density at radius 3 is 2.15 bits per heavy atom. The van der Waals surface area contributed by atoms with E-state index in [1.54, 1.807) is 0 Å². The Morgan fingerprint density at radius 1 is 0.950 bits per heavy atom. The van der Waals surface area contributed by atoms with Crippen LogP contribution in [0.3, 0.4) is 0 Å². The van der Waals surface area contributed by atoms with Crippen LogP contribution in [0.5, 0.6) is 0 Å². The van der Waals surface area contributed by atoms with E-state index in [0.717, 1.165) is 22.8 Å². The van der Waals surface area contributed by atoms with E-state index >= 15 is 0 Å². The lowest BCUT2D eigenvalue weighted by molar-refractivity contribution is 0.595. The molecule has 0 bridgehead atoms. The van der Waals surface area contributed by atoms with E-state index in [1.807, 2.05) is 32.9 Å². The smallest absolute Gasteiger partial charge is 0.147 e. The predicted molar refractivity (Wildman–Crippen MR) is 82.0 cm³/mol. The second kappa shape index (κ2) is 5.92. The lowest BCUT2D eigenvalue weighted by Gasteiger charge is -2.18. The van der Waals surface area contributed by atoms with Crippen molar-refractivity contribution in [3.63, 3.8) is 0 Å². The zero-order chi connectivity index (χ0) is 14.9. The van der Waals surface area contributed by atoms with Crippen LogP contribution in [-0.4, -0.2) is 0 Å². The van der Waals surface area contributed by atoms with E-state index in [-0.39, 0.29) is 16.2 Å². The molecule has 0 aromatic heterocycles. The topological polar surface area (TPSA) is 12.0 Å². The quantitative estimate of drug-likeness (QED) is 0.726. The molecular formula is C16H16BrF2N. The molecule has 0 aliphatic carbocycles.